The van der Waals surface area contributed by atoms with Crippen LogP contribution < -0.4 is 0 Å². The average Bonchev–Trinajstić information content (AvgIpc) is 2.35. The second-order valence-electron chi connectivity index (χ2n) is 3.45. The highest BCUT2D eigenvalue weighted by Crippen LogP contribution is 2.46. The zero-order valence-electron chi connectivity index (χ0n) is 8.85. The van der Waals surface area contributed by atoms with Crippen molar-refractivity contribution < 1.29 is 31.4 Å². The normalized spacial score (nSPS) is 17.0. The molecule has 1 aromatic carbocycles. The Morgan fingerprint density at radius 3 is 1.94 bits per heavy atom. The van der Waals surface area contributed by atoms with Gasteiger partial charge >= 0.3 is 12.0 Å². The summed E-state index contributed by atoms with van der Waals surface area (Å²) in [6.45, 7) is 3.38. The molecule has 0 aromatic heterocycles. The summed E-state index contributed by atoms with van der Waals surface area (Å²) >= 11 is 0. The molecule has 18 heavy (non-hydrogen) atoms. The minimum atomic E-state index is -5.84. The van der Waals surface area contributed by atoms with Crippen LogP contribution in [0, 0.1) is 0 Å². The number of halogens is 6. The monoisotopic (exact) mass is 270 g/mol. The van der Waals surface area contributed by atoms with Crippen molar-refractivity contribution in [2.24, 2.45) is 0 Å². The lowest BCUT2D eigenvalue weighted by molar-refractivity contribution is -0.420. The topological polar surface area (TPSA) is 9.23 Å². The van der Waals surface area contributed by atoms with Gasteiger partial charge in [-0.3, -0.25) is 0 Å². The molecule has 0 bridgehead atoms. The minimum absolute atomic E-state index is 0.489. The van der Waals surface area contributed by atoms with E-state index in [0.717, 1.165) is 12.1 Å². The molecule has 0 saturated heterocycles. The summed E-state index contributed by atoms with van der Waals surface area (Å²) in [5.74, 6) is -5.03. The van der Waals surface area contributed by atoms with E-state index in [1.54, 1.807) is 0 Å². The Bertz CT molecular complexity index is 413. The zero-order chi connectivity index (χ0) is 14.0. The van der Waals surface area contributed by atoms with Gasteiger partial charge in [-0.2, -0.15) is 17.6 Å². The predicted octanol–water partition coefficient (Wildman–Crippen LogP) is 4.47. The Kier molecular flexibility index (Phi) is 4.05. The molecule has 1 aromatic rings. The third kappa shape index (κ3) is 2.50. The van der Waals surface area contributed by atoms with Crippen molar-refractivity contribution in [3.63, 3.8) is 0 Å². The van der Waals surface area contributed by atoms with Crippen LogP contribution in [0.25, 0.3) is 6.08 Å². The Balaban J connectivity index is 3.10. The minimum Gasteiger partial charge on any atom is -0.235 e. The van der Waals surface area contributed by atoms with Gasteiger partial charge in [0.05, 0.1) is 0 Å². The number of alkyl halides is 5. The van der Waals surface area contributed by atoms with E-state index >= 15 is 0 Å². The Hall–Kier alpha value is -1.50. The Labute approximate surface area is 98.6 Å². The number of benzene rings is 1. The molecule has 0 amide bonds. The first kappa shape index (κ1) is 14.6. The molecular formula is C11H8F6O. The van der Waals surface area contributed by atoms with Crippen LogP contribution in [0.3, 0.4) is 0 Å². The molecule has 0 fully saturated rings. The van der Waals surface area contributed by atoms with Crippen molar-refractivity contribution in [1.82, 2.24) is 0 Å². The maximum Gasteiger partial charge on any atom is 0.455 e. The van der Waals surface area contributed by atoms with Gasteiger partial charge in [-0.05, 0) is 15.7 Å². The van der Waals surface area contributed by atoms with Crippen LogP contribution >= 0.6 is 0 Å². The van der Waals surface area contributed by atoms with Crippen molar-refractivity contribution in [3.05, 3.63) is 42.0 Å². The molecule has 2 unspecified atom stereocenters. The van der Waals surface area contributed by atoms with E-state index in [1.807, 2.05) is 0 Å². The number of hydrogen-bond acceptors (Lipinski definition) is 1. The second-order valence-corrected chi connectivity index (χ2v) is 3.45. The van der Waals surface area contributed by atoms with E-state index in [0.29, 0.717) is 5.56 Å². The fraction of sp³-hybridized carbons (Fsp3) is 0.273. The van der Waals surface area contributed by atoms with E-state index in [1.165, 1.54) is 18.2 Å². The van der Waals surface area contributed by atoms with Crippen molar-refractivity contribution >= 4 is 6.08 Å². The molecule has 0 N–H and O–H groups in total. The largest absolute Gasteiger partial charge is 0.455 e. The van der Waals surface area contributed by atoms with Crippen LogP contribution in [0.15, 0.2) is 30.8 Å². The van der Waals surface area contributed by atoms with E-state index in [2.05, 4.69) is 11.5 Å². The third-order valence-electron chi connectivity index (χ3n) is 2.29. The number of hydrogen-bond donors (Lipinski definition) is 0. The summed E-state index contributed by atoms with van der Waals surface area (Å²) < 4.78 is 74.9. The molecule has 0 heterocycles. The van der Waals surface area contributed by atoms with Gasteiger partial charge in [-0.15, -0.1) is 4.94 Å². The lowest BCUT2D eigenvalue weighted by Gasteiger charge is -2.26. The van der Waals surface area contributed by atoms with Gasteiger partial charge in [-0.1, -0.05) is 36.9 Å². The molecule has 0 radical (unpaired) electrons. The summed E-state index contributed by atoms with van der Waals surface area (Å²) in [5, 5.41) is 0. The quantitative estimate of drug-likeness (QED) is 0.733. The van der Waals surface area contributed by atoms with Gasteiger partial charge < -0.3 is 0 Å². The van der Waals surface area contributed by atoms with Gasteiger partial charge in [0.25, 0.3) is 0 Å². The molecule has 1 rings (SSSR count). The summed E-state index contributed by atoms with van der Waals surface area (Å²) in [4.78, 5) is 2.19. The van der Waals surface area contributed by atoms with E-state index in [4.69, 9.17) is 0 Å². The first-order valence-electron chi connectivity index (χ1n) is 4.68. The van der Waals surface area contributed by atoms with E-state index in [-0.39, 0.29) is 0 Å². The maximum atomic E-state index is 13.4. The summed E-state index contributed by atoms with van der Waals surface area (Å²) in [7, 11) is 0. The van der Waals surface area contributed by atoms with Crippen molar-refractivity contribution in [1.29, 1.82) is 0 Å². The highest BCUT2D eigenvalue weighted by Gasteiger charge is 2.65. The van der Waals surface area contributed by atoms with Gasteiger partial charge in [0.1, 0.15) is 0 Å². The van der Waals surface area contributed by atoms with Gasteiger partial charge in [0, 0.05) is 0 Å². The van der Waals surface area contributed by atoms with Gasteiger partial charge in [0.15, 0.2) is 6.17 Å². The van der Waals surface area contributed by atoms with Crippen molar-refractivity contribution in [2.75, 3.05) is 0 Å². The third-order valence-corrected chi connectivity index (χ3v) is 2.29. The molecule has 0 spiro atoms. The zero-order valence-corrected chi connectivity index (χ0v) is 8.85. The smallest absolute Gasteiger partial charge is 0.235 e. The van der Waals surface area contributed by atoms with Crippen LogP contribution in [0.4, 0.5) is 26.5 Å². The standard InChI is InChI=1S/C11H8F6O/c1-2-7-3-5-8(6-4-7)9(12)10(13,18-17)11(14,15)16/h2-6,9H,1H2. The van der Waals surface area contributed by atoms with Crippen LogP contribution in [-0.4, -0.2) is 12.0 Å². The predicted molar refractivity (Wildman–Crippen MR) is 52.5 cm³/mol. The van der Waals surface area contributed by atoms with Crippen LogP contribution in [-0.2, 0) is 4.94 Å². The van der Waals surface area contributed by atoms with Gasteiger partial charge in [-0.25, -0.2) is 4.39 Å². The lowest BCUT2D eigenvalue weighted by atomic mass is 10.0. The molecule has 1 nitrogen and oxygen atoms in total. The molecule has 2 atom stereocenters. The maximum absolute atomic E-state index is 13.4. The highest BCUT2D eigenvalue weighted by molar-refractivity contribution is 5.47. The van der Waals surface area contributed by atoms with E-state index < -0.39 is 23.8 Å². The molecule has 0 saturated carbocycles. The molecule has 0 aliphatic heterocycles. The molecule has 100 valence electrons. The number of rotatable bonds is 4. The molecule has 0 aliphatic carbocycles. The van der Waals surface area contributed by atoms with Crippen molar-refractivity contribution in [3.8, 4) is 0 Å². The average molecular weight is 270 g/mol. The SMILES string of the molecule is C=Cc1ccc(C(F)C(F)(OF)C(F)(F)F)cc1. The van der Waals surface area contributed by atoms with Crippen LogP contribution in [0.5, 0.6) is 0 Å². The lowest BCUT2D eigenvalue weighted by Crippen LogP contribution is -2.45. The summed E-state index contributed by atoms with van der Waals surface area (Å²) in [6.07, 6.45) is -7.81. The fourth-order valence-corrected chi connectivity index (χ4v) is 1.24. The second kappa shape index (κ2) is 5.01. The highest BCUT2D eigenvalue weighted by atomic mass is 19.4. The first-order valence-corrected chi connectivity index (χ1v) is 4.68. The molecular weight excluding hydrogens is 262 g/mol. The molecule has 7 heteroatoms. The van der Waals surface area contributed by atoms with Crippen LogP contribution in [0.1, 0.15) is 17.3 Å². The van der Waals surface area contributed by atoms with Crippen LogP contribution in [0.2, 0.25) is 0 Å². The van der Waals surface area contributed by atoms with Gasteiger partial charge in [0.2, 0.25) is 0 Å². The Morgan fingerprint density at radius 2 is 1.61 bits per heavy atom. The van der Waals surface area contributed by atoms with Crippen molar-refractivity contribution in [2.45, 2.75) is 18.2 Å². The summed E-state index contributed by atoms with van der Waals surface area (Å²) in [6, 6.07) is 4.20. The Morgan fingerprint density at radius 1 is 1.11 bits per heavy atom. The van der Waals surface area contributed by atoms with E-state index in [9.17, 15) is 26.5 Å². The first-order chi connectivity index (χ1) is 8.26. The summed E-state index contributed by atoms with van der Waals surface area (Å²) in [5.41, 5.74) is -0.207. The molecule has 0 aliphatic rings. The fourth-order valence-electron chi connectivity index (χ4n) is 1.24.